The van der Waals surface area contributed by atoms with Crippen molar-refractivity contribution in [2.75, 3.05) is 41.3 Å². The molecule has 0 bridgehead atoms. The summed E-state index contributed by atoms with van der Waals surface area (Å²) in [6, 6.07) is 19.4. The van der Waals surface area contributed by atoms with E-state index in [-0.39, 0.29) is 0 Å². The molecule has 0 aliphatic carbocycles. The third-order valence-electron chi connectivity index (χ3n) is 4.67. The zero-order valence-electron chi connectivity index (χ0n) is 20.1. The van der Waals surface area contributed by atoms with Crippen LogP contribution < -0.4 is 0 Å². The van der Waals surface area contributed by atoms with Crippen molar-refractivity contribution in [1.29, 1.82) is 0 Å². The van der Waals surface area contributed by atoms with Crippen LogP contribution in [0.4, 0.5) is 0 Å². The molecule has 0 amide bonds. The van der Waals surface area contributed by atoms with E-state index in [0.717, 1.165) is 25.9 Å². The van der Waals surface area contributed by atoms with Crippen LogP contribution in [0.5, 0.6) is 0 Å². The van der Waals surface area contributed by atoms with E-state index in [4.69, 9.17) is 34.8 Å². The largest absolute Gasteiger partial charge is 0.309 e. The predicted molar refractivity (Wildman–Crippen MR) is 175 cm³/mol. The fourth-order valence-corrected chi connectivity index (χ4v) is 6.10. The summed E-state index contributed by atoms with van der Waals surface area (Å²) in [7, 11) is 8.46. The quantitative estimate of drug-likeness (QED) is 0.180. The van der Waals surface area contributed by atoms with Crippen LogP contribution in [0, 0.1) is 0 Å². The van der Waals surface area contributed by atoms with Crippen molar-refractivity contribution in [3.05, 3.63) is 68.8 Å². The minimum atomic E-state index is -0.750. The van der Waals surface area contributed by atoms with E-state index in [2.05, 4.69) is 137 Å². The lowest BCUT2D eigenvalue weighted by Crippen LogP contribution is -2.14. The lowest BCUT2D eigenvalue weighted by Gasteiger charge is -2.07. The number of halogens is 6. The van der Waals surface area contributed by atoms with Gasteiger partial charge in [0.1, 0.15) is 0 Å². The van der Waals surface area contributed by atoms with Gasteiger partial charge in [0.05, 0.1) is 0 Å². The van der Waals surface area contributed by atoms with Crippen LogP contribution in [0.2, 0.25) is 0 Å². The van der Waals surface area contributed by atoms with Gasteiger partial charge >= 0.3 is 0 Å². The molecule has 0 saturated carbocycles. The topological polar surface area (TPSA) is 6.48 Å². The molecular weight excluding hydrogens is 738 g/mol. The maximum absolute atomic E-state index is 4.81. The maximum Gasteiger partial charge on any atom is 0.180 e. The summed E-state index contributed by atoms with van der Waals surface area (Å²) >= 11 is 27.4. The highest BCUT2D eigenvalue weighted by Crippen LogP contribution is 2.35. The Kier molecular flexibility index (Phi) is 18.0. The van der Waals surface area contributed by atoms with Gasteiger partial charge in [-0.25, -0.2) is 0 Å². The number of alkyl halides is 3. The highest BCUT2D eigenvalue weighted by atomic mass is 80.9. The highest BCUT2D eigenvalue weighted by Gasteiger charge is 2.08. The third-order valence-corrected chi connectivity index (χ3v) is 8.24. The lowest BCUT2D eigenvalue weighted by molar-refractivity contribution is 0.415. The van der Waals surface area contributed by atoms with Crippen LogP contribution in [0.1, 0.15) is 9.75 Å². The van der Waals surface area contributed by atoms with Gasteiger partial charge in [-0.15, -0.1) is 22.7 Å². The average molecular weight is 769 g/mol. The van der Waals surface area contributed by atoms with Crippen LogP contribution in [0.15, 0.2) is 59.1 Å². The van der Waals surface area contributed by atoms with E-state index in [9.17, 15) is 0 Å². The minimum Gasteiger partial charge on any atom is -0.309 e. The molecule has 0 spiro atoms. The Bertz CT molecular complexity index is 1080. The van der Waals surface area contributed by atoms with Crippen molar-refractivity contribution in [1.82, 2.24) is 9.80 Å². The van der Waals surface area contributed by atoms with Gasteiger partial charge in [-0.3, -0.25) is 0 Å². The number of likely N-dealkylation sites (N-methyl/N-ethyl adjacent to an activating group) is 2. The zero-order valence-corrected chi connectivity index (χ0v) is 28.7. The van der Waals surface area contributed by atoms with E-state index >= 15 is 0 Å². The van der Waals surface area contributed by atoms with Crippen LogP contribution in [0.25, 0.3) is 20.2 Å². The van der Waals surface area contributed by atoms with Crippen LogP contribution in [-0.2, 0) is 12.8 Å². The van der Waals surface area contributed by atoms with Crippen molar-refractivity contribution in [2.24, 2.45) is 0 Å². The zero-order chi connectivity index (χ0) is 26.4. The van der Waals surface area contributed by atoms with Gasteiger partial charge in [0.25, 0.3) is 0 Å². The van der Waals surface area contributed by atoms with Gasteiger partial charge in [-0.1, -0.05) is 71.2 Å². The molecule has 0 unspecified atom stereocenters. The van der Waals surface area contributed by atoms with Crippen molar-refractivity contribution in [3.8, 4) is 0 Å². The normalized spacial score (nSPS) is 10.7. The second-order valence-electron chi connectivity index (χ2n) is 7.94. The SMILES string of the molecule is BrBr.CN(C)CCc1cc2ccccc2s1.CN(C)CCc1sc2ccccc2c1Br.ClC(Cl)Cl. The number of hydrogen-bond acceptors (Lipinski definition) is 4. The van der Waals surface area contributed by atoms with E-state index < -0.39 is 4.30 Å². The van der Waals surface area contributed by atoms with Crippen LogP contribution in [0.3, 0.4) is 0 Å². The number of thiophene rings is 2. The van der Waals surface area contributed by atoms with Gasteiger partial charge in [-0.05, 0) is 80.5 Å². The van der Waals surface area contributed by atoms with E-state index in [1.54, 1.807) is 0 Å². The summed E-state index contributed by atoms with van der Waals surface area (Å²) in [5.74, 6) is 0. The summed E-state index contributed by atoms with van der Waals surface area (Å²) in [5.41, 5.74) is 0. The van der Waals surface area contributed by atoms with Crippen molar-refractivity contribution < 1.29 is 0 Å². The summed E-state index contributed by atoms with van der Waals surface area (Å²) in [4.78, 5) is 7.38. The van der Waals surface area contributed by atoms with Crippen LogP contribution in [-0.4, -0.2) is 55.4 Å². The molecule has 0 aliphatic rings. The first-order chi connectivity index (χ1) is 16.7. The predicted octanol–water partition coefficient (Wildman–Crippen LogP) is 10.5. The Hall–Kier alpha value is 0.590. The Labute approximate surface area is 256 Å². The molecule has 2 aromatic heterocycles. The number of benzene rings is 2. The minimum absolute atomic E-state index is 0.750. The van der Waals surface area contributed by atoms with Gasteiger partial charge in [0.2, 0.25) is 0 Å². The lowest BCUT2D eigenvalue weighted by atomic mass is 10.2. The molecule has 0 aliphatic heterocycles. The molecule has 4 aromatic rings. The molecule has 194 valence electrons. The Morgan fingerprint density at radius 2 is 1.29 bits per heavy atom. The molecule has 0 atom stereocenters. The van der Waals surface area contributed by atoms with Crippen molar-refractivity contribution >= 4 is 122 Å². The maximum atomic E-state index is 4.81. The van der Waals surface area contributed by atoms with Crippen molar-refractivity contribution in [2.45, 2.75) is 17.1 Å². The standard InChI is InChI=1S/C12H14BrNS.C12H15NS.CHCl3.Br2/c1-14(2)8-7-11-12(13)9-5-3-4-6-10(9)15-11;1-13(2)8-7-11-9-10-5-3-4-6-12(10)14-11;2-1(3)4;1-2/h3-6H,7-8H2,1-2H3;3-6,9H,7-8H2,1-2H3;1H;. The first-order valence-electron chi connectivity index (χ1n) is 10.7. The molecule has 0 saturated heterocycles. The van der Waals surface area contributed by atoms with Gasteiger partial charge in [-0.2, -0.15) is 0 Å². The van der Waals surface area contributed by atoms with Gasteiger partial charge in [0.15, 0.2) is 4.30 Å². The molecule has 0 radical (unpaired) electrons. The number of rotatable bonds is 6. The molecule has 2 aromatic carbocycles. The molecule has 35 heavy (non-hydrogen) atoms. The smallest absolute Gasteiger partial charge is 0.180 e. The number of fused-ring (bicyclic) bond motifs is 2. The summed E-state index contributed by atoms with van der Waals surface area (Å²) < 4.78 is 3.31. The third kappa shape index (κ3) is 13.3. The molecule has 4 rings (SSSR count). The monoisotopic (exact) mass is 764 g/mol. The van der Waals surface area contributed by atoms with Gasteiger partial charge < -0.3 is 9.80 Å². The first kappa shape index (κ1) is 33.6. The summed E-state index contributed by atoms with van der Waals surface area (Å²) in [6.45, 7) is 2.23. The molecular formula is C25H30Br3Cl3N2S2. The Morgan fingerprint density at radius 1 is 0.771 bits per heavy atom. The number of nitrogens with zero attached hydrogens (tertiary/aromatic N) is 2. The second kappa shape index (κ2) is 18.8. The summed E-state index contributed by atoms with van der Waals surface area (Å²) in [6.07, 6.45) is 2.28. The first-order valence-corrected chi connectivity index (χ1v) is 18.1. The molecule has 2 nitrogen and oxygen atoms in total. The second-order valence-corrected chi connectivity index (χ2v) is 13.0. The Morgan fingerprint density at radius 3 is 1.83 bits per heavy atom. The Balaban J connectivity index is 0.000000287. The van der Waals surface area contributed by atoms with Gasteiger partial charge in [0, 0.05) is 70.4 Å². The summed E-state index contributed by atoms with van der Waals surface area (Å²) in [5, 5.41) is 2.72. The highest BCUT2D eigenvalue weighted by molar-refractivity contribution is 9.93. The van der Waals surface area contributed by atoms with E-state index in [1.165, 1.54) is 34.4 Å². The molecule has 0 fully saturated rings. The molecule has 2 heterocycles. The number of hydrogen-bond donors (Lipinski definition) is 0. The van der Waals surface area contributed by atoms with E-state index in [1.807, 2.05) is 22.7 Å². The van der Waals surface area contributed by atoms with Crippen LogP contribution >= 0.6 is 102 Å². The fraction of sp³-hybridized carbons (Fsp3) is 0.360. The molecule has 0 N–H and O–H groups in total. The fourth-order valence-electron chi connectivity index (χ4n) is 3.04. The molecule has 10 heteroatoms. The van der Waals surface area contributed by atoms with E-state index in [0.29, 0.717) is 0 Å². The van der Waals surface area contributed by atoms with Crippen molar-refractivity contribution in [3.63, 3.8) is 0 Å². The average Bonchev–Trinajstić information content (AvgIpc) is 3.38.